The number of aldehydes is 1. The van der Waals surface area contributed by atoms with Gasteiger partial charge in [-0.3, -0.25) is 19.2 Å². The molecule has 3 atom stereocenters. The first-order valence-corrected chi connectivity index (χ1v) is 5.68. The summed E-state index contributed by atoms with van der Waals surface area (Å²) in [7, 11) is 0. The highest BCUT2D eigenvalue weighted by atomic mass is 16.7. The number of ether oxygens (including phenoxy) is 4. The fraction of sp³-hybridized carbons (Fsp3) is 0.500. The Morgan fingerprint density at radius 3 is 2.05 bits per heavy atom. The molecule has 1 heterocycles. The van der Waals surface area contributed by atoms with Crippen LogP contribution in [-0.2, 0) is 38.1 Å². The lowest BCUT2D eigenvalue weighted by Crippen LogP contribution is -2.48. The molecule has 1 aliphatic heterocycles. The van der Waals surface area contributed by atoms with E-state index in [0.29, 0.717) is 6.29 Å². The van der Waals surface area contributed by atoms with E-state index in [2.05, 4.69) is 0 Å². The Bertz CT molecular complexity index is 452. The predicted octanol–water partition coefficient (Wildman–Crippen LogP) is -0.148. The summed E-state index contributed by atoms with van der Waals surface area (Å²) < 4.78 is 19.7. The molecule has 8 nitrogen and oxygen atoms in total. The Morgan fingerprint density at radius 2 is 1.60 bits per heavy atom. The summed E-state index contributed by atoms with van der Waals surface area (Å²) in [5.41, 5.74) is 0. The second-order valence-corrected chi connectivity index (χ2v) is 3.93. The van der Waals surface area contributed by atoms with Crippen LogP contribution in [0.4, 0.5) is 0 Å². The van der Waals surface area contributed by atoms with E-state index in [-0.39, 0.29) is 5.76 Å². The third-order valence-electron chi connectivity index (χ3n) is 2.18. The standard InChI is InChI=1S/C12H14O8/c1-6(14)17-10-4-9(5-13)20-12(19-8(3)16)11(10)18-7(2)15/h4-5,10-12H,1-3H3/t10?,11-,12?/m1/s1. The van der Waals surface area contributed by atoms with Gasteiger partial charge in [-0.1, -0.05) is 0 Å². The Balaban J connectivity index is 3.05. The monoisotopic (exact) mass is 286 g/mol. The summed E-state index contributed by atoms with van der Waals surface area (Å²) in [4.78, 5) is 43.9. The second kappa shape index (κ2) is 6.69. The molecule has 0 aliphatic carbocycles. The molecule has 2 unspecified atom stereocenters. The van der Waals surface area contributed by atoms with Crippen molar-refractivity contribution in [3.63, 3.8) is 0 Å². The van der Waals surface area contributed by atoms with Crippen molar-refractivity contribution in [1.82, 2.24) is 0 Å². The van der Waals surface area contributed by atoms with Gasteiger partial charge in [-0.05, 0) is 0 Å². The topological polar surface area (TPSA) is 105 Å². The quantitative estimate of drug-likeness (QED) is 0.399. The van der Waals surface area contributed by atoms with Gasteiger partial charge in [-0.2, -0.15) is 0 Å². The molecule has 20 heavy (non-hydrogen) atoms. The highest BCUT2D eigenvalue weighted by molar-refractivity contribution is 5.72. The average molecular weight is 286 g/mol. The van der Waals surface area contributed by atoms with Crippen molar-refractivity contribution < 1.29 is 38.1 Å². The van der Waals surface area contributed by atoms with Crippen molar-refractivity contribution in [2.24, 2.45) is 0 Å². The van der Waals surface area contributed by atoms with Crippen molar-refractivity contribution in [3.05, 3.63) is 11.8 Å². The van der Waals surface area contributed by atoms with Crippen LogP contribution < -0.4 is 0 Å². The third-order valence-corrected chi connectivity index (χ3v) is 2.18. The lowest BCUT2D eigenvalue weighted by atomic mass is 10.1. The maximum Gasteiger partial charge on any atom is 0.305 e. The number of hydrogen-bond acceptors (Lipinski definition) is 8. The van der Waals surface area contributed by atoms with Gasteiger partial charge in [-0.15, -0.1) is 0 Å². The summed E-state index contributed by atoms with van der Waals surface area (Å²) in [6.07, 6.45) is -2.12. The molecule has 0 radical (unpaired) electrons. The first-order valence-electron chi connectivity index (χ1n) is 5.68. The highest BCUT2D eigenvalue weighted by Gasteiger charge is 2.41. The van der Waals surface area contributed by atoms with Crippen LogP contribution in [0.25, 0.3) is 0 Å². The number of carbonyl (C=O) groups excluding carboxylic acids is 4. The number of hydrogen-bond donors (Lipinski definition) is 0. The molecule has 0 aromatic carbocycles. The van der Waals surface area contributed by atoms with Gasteiger partial charge in [0.2, 0.25) is 6.10 Å². The van der Waals surface area contributed by atoms with Gasteiger partial charge in [0.05, 0.1) is 0 Å². The molecule has 0 spiro atoms. The molecule has 0 aromatic heterocycles. The Morgan fingerprint density at radius 1 is 1.05 bits per heavy atom. The molecule has 1 rings (SSSR count). The minimum absolute atomic E-state index is 0.189. The van der Waals surface area contributed by atoms with E-state index in [1.807, 2.05) is 0 Å². The summed E-state index contributed by atoms with van der Waals surface area (Å²) in [5, 5.41) is 0. The van der Waals surface area contributed by atoms with Crippen molar-refractivity contribution in [3.8, 4) is 0 Å². The van der Waals surface area contributed by atoms with Crippen molar-refractivity contribution in [2.75, 3.05) is 0 Å². The van der Waals surface area contributed by atoms with Gasteiger partial charge in [0.25, 0.3) is 6.29 Å². The van der Waals surface area contributed by atoms with E-state index in [1.54, 1.807) is 0 Å². The van der Waals surface area contributed by atoms with Crippen molar-refractivity contribution >= 4 is 24.2 Å². The van der Waals surface area contributed by atoms with E-state index in [4.69, 9.17) is 18.9 Å². The average Bonchev–Trinajstić information content (AvgIpc) is 2.30. The van der Waals surface area contributed by atoms with Gasteiger partial charge in [0.15, 0.2) is 18.1 Å². The van der Waals surface area contributed by atoms with Gasteiger partial charge in [0.1, 0.15) is 0 Å². The van der Waals surface area contributed by atoms with Crippen LogP contribution in [-0.4, -0.2) is 42.7 Å². The van der Waals surface area contributed by atoms with E-state index in [1.165, 1.54) is 6.08 Å². The second-order valence-electron chi connectivity index (χ2n) is 3.93. The summed E-state index contributed by atoms with van der Waals surface area (Å²) in [5.74, 6) is -2.24. The zero-order valence-electron chi connectivity index (χ0n) is 11.2. The first kappa shape index (κ1) is 15.7. The van der Waals surface area contributed by atoms with E-state index < -0.39 is 36.4 Å². The highest BCUT2D eigenvalue weighted by Crippen LogP contribution is 2.23. The molecule has 0 saturated carbocycles. The molecule has 0 bridgehead atoms. The van der Waals surface area contributed by atoms with Gasteiger partial charge < -0.3 is 18.9 Å². The molecular weight excluding hydrogens is 272 g/mol. The van der Waals surface area contributed by atoms with Crippen molar-refractivity contribution in [1.29, 1.82) is 0 Å². The first-order chi connectivity index (χ1) is 9.33. The van der Waals surface area contributed by atoms with E-state index in [0.717, 1.165) is 20.8 Å². The van der Waals surface area contributed by atoms with E-state index >= 15 is 0 Å². The SMILES string of the molecule is CC(=O)OC1C=C(C=O)OC(OC(C)=O)[C@@H]1OC(C)=O. The van der Waals surface area contributed by atoms with Crippen LogP contribution in [0.5, 0.6) is 0 Å². The van der Waals surface area contributed by atoms with Crippen LogP contribution >= 0.6 is 0 Å². The molecule has 1 aliphatic rings. The lowest BCUT2D eigenvalue weighted by molar-refractivity contribution is -0.221. The fourth-order valence-corrected chi connectivity index (χ4v) is 1.58. The zero-order chi connectivity index (χ0) is 15.3. The minimum Gasteiger partial charge on any atom is -0.454 e. The molecule has 0 aromatic rings. The van der Waals surface area contributed by atoms with Crippen LogP contribution in [0.15, 0.2) is 11.8 Å². The Hall–Kier alpha value is -2.38. The summed E-state index contributed by atoms with van der Waals surface area (Å²) in [6, 6.07) is 0. The number of esters is 3. The Labute approximate surface area is 114 Å². The molecule has 8 heteroatoms. The predicted molar refractivity (Wildman–Crippen MR) is 61.9 cm³/mol. The Kier molecular flexibility index (Phi) is 5.24. The van der Waals surface area contributed by atoms with Crippen LogP contribution in [0.1, 0.15) is 20.8 Å². The third kappa shape index (κ3) is 4.38. The molecule has 0 N–H and O–H groups in total. The maximum atomic E-state index is 11.1. The number of allylic oxidation sites excluding steroid dienone is 1. The maximum absolute atomic E-state index is 11.1. The van der Waals surface area contributed by atoms with Crippen LogP contribution in [0.2, 0.25) is 0 Å². The van der Waals surface area contributed by atoms with Gasteiger partial charge >= 0.3 is 17.9 Å². The van der Waals surface area contributed by atoms with Crippen LogP contribution in [0, 0.1) is 0 Å². The largest absolute Gasteiger partial charge is 0.454 e. The summed E-state index contributed by atoms with van der Waals surface area (Å²) >= 11 is 0. The van der Waals surface area contributed by atoms with E-state index in [9.17, 15) is 19.2 Å². The lowest BCUT2D eigenvalue weighted by Gasteiger charge is -2.33. The summed E-state index contributed by atoms with van der Waals surface area (Å²) in [6.45, 7) is 3.40. The van der Waals surface area contributed by atoms with Gasteiger partial charge in [-0.25, -0.2) is 0 Å². The van der Waals surface area contributed by atoms with Gasteiger partial charge in [0, 0.05) is 26.8 Å². The van der Waals surface area contributed by atoms with Crippen molar-refractivity contribution in [2.45, 2.75) is 39.3 Å². The zero-order valence-corrected chi connectivity index (χ0v) is 11.2. The fourth-order valence-electron chi connectivity index (χ4n) is 1.58. The molecular formula is C12H14O8. The molecule has 0 fully saturated rings. The molecule has 0 amide bonds. The molecule has 0 saturated heterocycles. The number of rotatable bonds is 4. The molecule has 110 valence electrons. The normalized spacial score (nSPS) is 24.8. The van der Waals surface area contributed by atoms with Crippen LogP contribution in [0.3, 0.4) is 0 Å². The minimum atomic E-state index is -1.37. The smallest absolute Gasteiger partial charge is 0.305 e. The number of carbonyl (C=O) groups is 4.